The minimum Gasteiger partial charge on any atom is -0.478 e. The second-order valence-corrected chi connectivity index (χ2v) is 2.50. The Hall–Kier alpha value is -1.77. The van der Waals surface area contributed by atoms with E-state index in [2.05, 4.69) is 0 Å². The molecule has 1 heterocycles. The van der Waals surface area contributed by atoms with Crippen LogP contribution < -0.4 is 0 Å². The fraction of sp³-hybridized carbons (Fsp3) is 0.100. The van der Waals surface area contributed by atoms with E-state index in [-0.39, 0.29) is 0 Å². The Morgan fingerprint density at radius 3 is 2.77 bits per heavy atom. The van der Waals surface area contributed by atoms with E-state index in [4.69, 9.17) is 9.52 Å². The summed E-state index contributed by atoms with van der Waals surface area (Å²) in [5.74, 6) is 0.592. The number of furan rings is 1. The highest BCUT2D eigenvalue weighted by atomic mass is 16.4. The van der Waals surface area contributed by atoms with Crippen LogP contribution in [-0.4, -0.2) is 11.1 Å². The van der Waals surface area contributed by atoms with E-state index in [9.17, 15) is 4.79 Å². The molecule has 1 N–H and O–H groups in total. The lowest BCUT2D eigenvalue weighted by molar-refractivity contribution is -0.131. The van der Waals surface area contributed by atoms with Gasteiger partial charge in [-0.2, -0.15) is 0 Å². The highest BCUT2D eigenvalue weighted by Crippen LogP contribution is 2.07. The number of hydrogen-bond acceptors (Lipinski definition) is 2. The van der Waals surface area contributed by atoms with Gasteiger partial charge in [-0.15, -0.1) is 0 Å². The summed E-state index contributed by atoms with van der Waals surface area (Å²) < 4.78 is 5.22. The second kappa shape index (κ2) is 4.30. The van der Waals surface area contributed by atoms with E-state index in [0.29, 0.717) is 5.76 Å². The second-order valence-electron chi connectivity index (χ2n) is 2.50. The predicted molar refractivity (Wildman–Crippen MR) is 49.3 cm³/mol. The molecular formula is C10H10O3. The van der Waals surface area contributed by atoms with Crippen LogP contribution in [0.15, 0.2) is 34.8 Å². The fourth-order valence-corrected chi connectivity index (χ4v) is 0.831. The Balaban J connectivity index is 2.54. The van der Waals surface area contributed by atoms with Gasteiger partial charge in [0.15, 0.2) is 0 Å². The maximum absolute atomic E-state index is 10.1. The average molecular weight is 178 g/mol. The van der Waals surface area contributed by atoms with E-state index in [1.807, 2.05) is 19.1 Å². The third-order valence-corrected chi connectivity index (χ3v) is 1.37. The van der Waals surface area contributed by atoms with Crippen molar-refractivity contribution in [1.82, 2.24) is 0 Å². The van der Waals surface area contributed by atoms with Gasteiger partial charge in [-0.1, -0.05) is 12.2 Å². The van der Waals surface area contributed by atoms with E-state index in [1.165, 1.54) is 6.08 Å². The first-order chi connectivity index (χ1) is 6.18. The van der Waals surface area contributed by atoms with Gasteiger partial charge in [-0.25, -0.2) is 4.79 Å². The minimum absolute atomic E-state index is 0.715. The molecule has 0 aliphatic heterocycles. The fourth-order valence-electron chi connectivity index (χ4n) is 0.831. The van der Waals surface area contributed by atoms with Crippen molar-refractivity contribution >= 4 is 12.0 Å². The van der Waals surface area contributed by atoms with Crippen molar-refractivity contribution in [1.29, 1.82) is 0 Å². The average Bonchev–Trinajstić information content (AvgIpc) is 2.45. The molecular weight excluding hydrogens is 168 g/mol. The van der Waals surface area contributed by atoms with Gasteiger partial charge in [0.05, 0.1) is 0 Å². The molecule has 68 valence electrons. The van der Waals surface area contributed by atoms with Crippen LogP contribution in [0.2, 0.25) is 0 Å². The lowest BCUT2D eigenvalue weighted by Crippen LogP contribution is -1.84. The summed E-state index contributed by atoms with van der Waals surface area (Å²) in [6, 6.07) is 3.67. The highest BCUT2D eigenvalue weighted by Gasteiger charge is 1.90. The molecule has 0 radical (unpaired) electrons. The smallest absolute Gasteiger partial charge is 0.328 e. The van der Waals surface area contributed by atoms with Crippen LogP contribution in [-0.2, 0) is 4.79 Å². The molecule has 0 spiro atoms. The molecule has 0 saturated heterocycles. The van der Waals surface area contributed by atoms with Gasteiger partial charge in [0, 0.05) is 6.08 Å². The predicted octanol–water partition coefficient (Wildman–Crippen LogP) is 2.24. The van der Waals surface area contributed by atoms with E-state index >= 15 is 0 Å². The van der Waals surface area contributed by atoms with Crippen LogP contribution in [0.5, 0.6) is 0 Å². The first-order valence-corrected chi connectivity index (χ1v) is 3.82. The summed E-state index contributed by atoms with van der Waals surface area (Å²) >= 11 is 0. The van der Waals surface area contributed by atoms with Crippen LogP contribution in [0.4, 0.5) is 0 Å². The van der Waals surface area contributed by atoms with E-state index in [0.717, 1.165) is 11.8 Å². The first-order valence-electron chi connectivity index (χ1n) is 3.82. The van der Waals surface area contributed by atoms with Gasteiger partial charge in [-0.05, 0) is 25.1 Å². The number of aryl methyl sites for hydroxylation is 1. The van der Waals surface area contributed by atoms with Crippen molar-refractivity contribution in [2.45, 2.75) is 6.92 Å². The molecule has 0 saturated carbocycles. The van der Waals surface area contributed by atoms with Crippen molar-refractivity contribution in [3.63, 3.8) is 0 Å². The molecule has 1 aromatic heterocycles. The summed E-state index contributed by atoms with van der Waals surface area (Å²) in [6.07, 6.45) is 5.82. The number of allylic oxidation sites excluding steroid dienone is 2. The summed E-state index contributed by atoms with van der Waals surface area (Å²) in [5.41, 5.74) is 0. The van der Waals surface area contributed by atoms with Crippen molar-refractivity contribution in [2.24, 2.45) is 0 Å². The standard InChI is InChI=1S/C10H10O3/c1-8-6-7-9(13-8)4-2-3-5-10(11)12/h2-7H,1H3,(H,11,12)/b4-2+,5-3+. The molecule has 0 atom stereocenters. The zero-order valence-electron chi connectivity index (χ0n) is 7.23. The topological polar surface area (TPSA) is 50.4 Å². The van der Waals surface area contributed by atoms with Gasteiger partial charge >= 0.3 is 5.97 Å². The number of carboxylic acids is 1. The molecule has 0 aliphatic rings. The summed E-state index contributed by atoms with van der Waals surface area (Å²) in [4.78, 5) is 10.1. The largest absolute Gasteiger partial charge is 0.478 e. The van der Waals surface area contributed by atoms with Crippen molar-refractivity contribution in [3.8, 4) is 0 Å². The molecule has 1 aromatic rings. The highest BCUT2D eigenvalue weighted by molar-refractivity contribution is 5.80. The Morgan fingerprint density at radius 1 is 1.46 bits per heavy atom. The SMILES string of the molecule is Cc1ccc(/C=C/C=C/C(=O)O)o1. The Bertz CT molecular complexity index is 345. The molecule has 0 bridgehead atoms. The quantitative estimate of drug-likeness (QED) is 0.570. The van der Waals surface area contributed by atoms with Crippen LogP contribution in [0.1, 0.15) is 11.5 Å². The molecule has 1 rings (SSSR count). The van der Waals surface area contributed by atoms with Crippen molar-refractivity contribution in [3.05, 3.63) is 41.9 Å². The third kappa shape index (κ3) is 3.42. The first kappa shape index (κ1) is 9.32. The number of rotatable bonds is 3. The number of aliphatic carboxylic acids is 1. The number of carbonyl (C=O) groups is 1. The van der Waals surface area contributed by atoms with Crippen molar-refractivity contribution < 1.29 is 14.3 Å². The molecule has 0 aliphatic carbocycles. The maximum Gasteiger partial charge on any atom is 0.328 e. The minimum atomic E-state index is -0.958. The van der Waals surface area contributed by atoms with E-state index < -0.39 is 5.97 Å². The summed E-state index contributed by atoms with van der Waals surface area (Å²) in [6.45, 7) is 1.85. The van der Waals surface area contributed by atoms with Gasteiger partial charge < -0.3 is 9.52 Å². The van der Waals surface area contributed by atoms with E-state index in [1.54, 1.807) is 12.2 Å². The molecule has 0 fully saturated rings. The number of hydrogen-bond donors (Lipinski definition) is 1. The van der Waals surface area contributed by atoms with Gasteiger partial charge in [0.2, 0.25) is 0 Å². The lowest BCUT2D eigenvalue weighted by atomic mass is 10.3. The molecule has 0 amide bonds. The lowest BCUT2D eigenvalue weighted by Gasteiger charge is -1.82. The molecule has 3 heteroatoms. The molecule has 3 nitrogen and oxygen atoms in total. The maximum atomic E-state index is 10.1. The molecule has 13 heavy (non-hydrogen) atoms. The van der Waals surface area contributed by atoms with Gasteiger partial charge in [-0.3, -0.25) is 0 Å². The molecule has 0 unspecified atom stereocenters. The summed E-state index contributed by atoms with van der Waals surface area (Å²) in [5, 5.41) is 8.27. The Kier molecular flexibility index (Phi) is 3.09. The monoisotopic (exact) mass is 178 g/mol. The summed E-state index contributed by atoms with van der Waals surface area (Å²) in [7, 11) is 0. The van der Waals surface area contributed by atoms with Gasteiger partial charge in [0.25, 0.3) is 0 Å². The van der Waals surface area contributed by atoms with Crippen LogP contribution in [0.3, 0.4) is 0 Å². The zero-order valence-corrected chi connectivity index (χ0v) is 7.23. The van der Waals surface area contributed by atoms with Gasteiger partial charge in [0.1, 0.15) is 11.5 Å². The Morgan fingerprint density at radius 2 is 2.23 bits per heavy atom. The van der Waals surface area contributed by atoms with Crippen LogP contribution >= 0.6 is 0 Å². The Labute approximate surface area is 76.0 Å². The number of carboxylic acid groups (broad SMARTS) is 1. The zero-order chi connectivity index (χ0) is 9.68. The van der Waals surface area contributed by atoms with Crippen LogP contribution in [0.25, 0.3) is 6.08 Å². The normalized spacial score (nSPS) is 11.5. The third-order valence-electron chi connectivity index (χ3n) is 1.37. The van der Waals surface area contributed by atoms with Crippen LogP contribution in [0, 0.1) is 6.92 Å². The van der Waals surface area contributed by atoms with Crippen molar-refractivity contribution in [2.75, 3.05) is 0 Å². The molecule has 0 aromatic carbocycles.